The number of hydrogen-bond acceptors (Lipinski definition) is 10. The van der Waals surface area contributed by atoms with Crippen molar-refractivity contribution in [3.05, 3.63) is 63.4 Å². The molecular weight excluding hydrogens is 582 g/mol. The molecule has 1 aromatic carbocycles. The zero-order valence-electron chi connectivity index (χ0n) is 25.9. The first-order valence-electron chi connectivity index (χ1n) is 15.0. The summed E-state index contributed by atoms with van der Waals surface area (Å²) < 4.78 is 18.0. The van der Waals surface area contributed by atoms with Crippen LogP contribution in [-0.4, -0.2) is 69.2 Å². The number of ketones is 1. The number of rotatable bonds is 11. The lowest BCUT2D eigenvalue weighted by Crippen LogP contribution is -2.47. The van der Waals surface area contributed by atoms with Crippen molar-refractivity contribution in [2.24, 2.45) is 0 Å². The van der Waals surface area contributed by atoms with E-state index in [9.17, 15) is 29.1 Å². The first-order valence-corrected chi connectivity index (χ1v) is 15.0. The molecule has 0 bridgehead atoms. The van der Waals surface area contributed by atoms with Gasteiger partial charge >= 0.3 is 18.0 Å². The number of hydrogen-bond donors (Lipinski definition) is 1. The van der Waals surface area contributed by atoms with E-state index in [1.807, 2.05) is 30.3 Å². The van der Waals surface area contributed by atoms with Crippen LogP contribution in [0.4, 0.5) is 4.79 Å². The monoisotopic (exact) mass is 619 g/mol. The lowest BCUT2D eigenvalue weighted by atomic mass is 9.85. The molecule has 2 aromatic heterocycles. The van der Waals surface area contributed by atoms with Gasteiger partial charge in [-0.25, -0.2) is 14.6 Å². The Morgan fingerprint density at radius 2 is 1.96 bits per heavy atom. The Morgan fingerprint density at radius 3 is 2.69 bits per heavy atom. The molecule has 12 nitrogen and oxygen atoms in total. The van der Waals surface area contributed by atoms with Gasteiger partial charge in [0.25, 0.3) is 5.56 Å². The van der Waals surface area contributed by atoms with Crippen LogP contribution in [0, 0.1) is 0 Å². The number of pyridine rings is 2. The topological polar surface area (TPSA) is 154 Å². The fourth-order valence-corrected chi connectivity index (χ4v) is 5.97. The van der Waals surface area contributed by atoms with E-state index >= 15 is 0 Å². The average Bonchev–Trinajstić information content (AvgIpc) is 3.34. The van der Waals surface area contributed by atoms with E-state index in [-0.39, 0.29) is 68.8 Å². The van der Waals surface area contributed by atoms with E-state index in [1.165, 1.54) is 25.8 Å². The number of cyclic esters (lactones) is 1. The van der Waals surface area contributed by atoms with Crippen LogP contribution in [0.15, 0.2) is 41.2 Å². The van der Waals surface area contributed by atoms with Crippen molar-refractivity contribution in [2.45, 2.75) is 77.2 Å². The number of benzene rings is 1. The van der Waals surface area contributed by atoms with Gasteiger partial charge in [-0.1, -0.05) is 25.1 Å². The van der Waals surface area contributed by atoms with Gasteiger partial charge in [0, 0.05) is 49.4 Å². The third-order valence-corrected chi connectivity index (χ3v) is 8.35. The molecule has 0 aliphatic carbocycles. The number of nitrogens with zero attached hydrogens (tertiary/aromatic N) is 3. The highest BCUT2D eigenvalue weighted by Gasteiger charge is 2.50. The summed E-state index contributed by atoms with van der Waals surface area (Å²) in [6.45, 7) is 4.75. The lowest BCUT2D eigenvalue weighted by Gasteiger charge is -2.35. The van der Waals surface area contributed by atoms with Gasteiger partial charge in [-0.2, -0.15) is 0 Å². The van der Waals surface area contributed by atoms with Crippen LogP contribution in [0.1, 0.15) is 69.6 Å². The Balaban J connectivity index is 1.28. The summed E-state index contributed by atoms with van der Waals surface area (Å²) in [5.41, 5.74) is -0.00521. The smallest absolute Gasteiger partial charge is 0.409 e. The molecule has 1 unspecified atom stereocenters. The highest BCUT2D eigenvalue weighted by atomic mass is 16.6. The van der Waals surface area contributed by atoms with Crippen LogP contribution in [0.3, 0.4) is 0 Å². The van der Waals surface area contributed by atoms with Gasteiger partial charge in [-0.05, 0) is 44.9 Å². The van der Waals surface area contributed by atoms with Gasteiger partial charge in [0.1, 0.15) is 12.4 Å². The Bertz CT molecular complexity index is 1750. The molecule has 238 valence electrons. The molecule has 1 N–H and O–H groups in total. The minimum atomic E-state index is -1.80. The number of carbonyl (C=O) groups is 4. The van der Waals surface area contributed by atoms with E-state index in [0.29, 0.717) is 23.5 Å². The molecule has 0 saturated carbocycles. The van der Waals surface area contributed by atoms with Crippen LogP contribution >= 0.6 is 0 Å². The van der Waals surface area contributed by atoms with Crippen LogP contribution in [-0.2, 0) is 47.3 Å². The van der Waals surface area contributed by atoms with Crippen molar-refractivity contribution in [3.8, 4) is 11.4 Å². The maximum atomic E-state index is 13.7. The Kier molecular flexibility index (Phi) is 8.79. The number of para-hydroxylation sites is 1. The number of ether oxygens (including phenoxy) is 3. The molecule has 0 radical (unpaired) electrons. The van der Waals surface area contributed by atoms with Crippen molar-refractivity contribution >= 4 is 34.7 Å². The summed E-state index contributed by atoms with van der Waals surface area (Å²) in [6.07, 6.45) is -0.446. The van der Waals surface area contributed by atoms with Gasteiger partial charge < -0.3 is 28.8 Å². The minimum Gasteiger partial charge on any atom is -0.457 e. The zero-order chi connectivity index (χ0) is 32.5. The first-order chi connectivity index (χ1) is 21.3. The fraction of sp³-hybridized carbons (Fsp3) is 0.455. The number of esters is 2. The molecular formula is C33H37N3O9. The summed E-state index contributed by atoms with van der Waals surface area (Å²) in [5, 5.41) is 11.2. The van der Waals surface area contributed by atoms with Gasteiger partial charge in [-0.3, -0.25) is 14.4 Å². The third kappa shape index (κ3) is 6.32. The number of carbonyl (C=O) groups excluding carboxylic acids is 4. The summed E-state index contributed by atoms with van der Waals surface area (Å²) >= 11 is 0. The number of aromatic nitrogens is 2. The van der Waals surface area contributed by atoms with E-state index in [1.54, 1.807) is 17.6 Å². The number of aliphatic hydroxyl groups is 1. The first kappa shape index (κ1) is 31.8. The van der Waals surface area contributed by atoms with Gasteiger partial charge in [-0.15, -0.1) is 0 Å². The average molecular weight is 620 g/mol. The van der Waals surface area contributed by atoms with E-state index in [0.717, 1.165) is 16.5 Å². The third-order valence-electron chi connectivity index (χ3n) is 8.35. The second-order valence-electron chi connectivity index (χ2n) is 12.0. The second kappa shape index (κ2) is 12.4. The zero-order valence-corrected chi connectivity index (χ0v) is 25.9. The summed E-state index contributed by atoms with van der Waals surface area (Å²) in [6, 6.07) is 11.4. The summed E-state index contributed by atoms with van der Waals surface area (Å²) in [5.74, 6) is -1.60. The molecule has 2 aliphatic heterocycles. The lowest BCUT2D eigenvalue weighted by molar-refractivity contribution is -0.189. The molecule has 5 rings (SSSR count). The Hall–Kier alpha value is -4.58. The predicted octanol–water partition coefficient (Wildman–Crippen LogP) is 3.60. The largest absolute Gasteiger partial charge is 0.457 e. The summed E-state index contributed by atoms with van der Waals surface area (Å²) in [4.78, 5) is 69.7. The molecule has 2 atom stereocenters. The standard InChI is InChI=1S/C33H37N3O9/c1-5-33(45-27(38)11-8-13-35(4)31(41)43-14-12-32(3,42)17-20(2)37)24-16-26-28-22(15-21-9-6-7-10-25(21)34-28)18-36(26)29(39)23(24)19-44-30(33)40/h6-7,9-10,15-16,42H,5,8,11-14,17-19H2,1-4H3/t32?,33-/m0/s1. The Labute approximate surface area is 259 Å². The molecule has 0 saturated heterocycles. The molecule has 0 fully saturated rings. The van der Waals surface area contributed by atoms with Gasteiger partial charge in [0.05, 0.1) is 41.2 Å². The maximum Gasteiger partial charge on any atom is 0.409 e. The van der Waals surface area contributed by atoms with E-state index in [4.69, 9.17) is 19.2 Å². The highest BCUT2D eigenvalue weighted by molar-refractivity contribution is 5.88. The van der Waals surface area contributed by atoms with Crippen LogP contribution in [0.25, 0.3) is 22.3 Å². The number of amides is 1. The van der Waals surface area contributed by atoms with Gasteiger partial charge in [0.15, 0.2) is 0 Å². The molecule has 0 spiro atoms. The minimum absolute atomic E-state index is 0.0431. The number of fused-ring (bicyclic) bond motifs is 5. The van der Waals surface area contributed by atoms with Crippen molar-refractivity contribution < 1.29 is 38.5 Å². The number of Topliss-reactive ketones (excluding diaryl/α,β-unsaturated/α-hetero) is 1. The fourth-order valence-electron chi connectivity index (χ4n) is 5.97. The van der Waals surface area contributed by atoms with Crippen molar-refractivity contribution in [1.82, 2.24) is 14.5 Å². The molecule has 3 aromatic rings. The van der Waals surface area contributed by atoms with Gasteiger partial charge in [0.2, 0.25) is 5.60 Å². The SMILES string of the molecule is CC[C@@]1(OC(=O)CCCN(C)C(=O)OCCC(C)(O)CC(C)=O)C(=O)OCc2c1cc1n(c2=O)Cc2cc3ccccc3nc2-1. The maximum absolute atomic E-state index is 13.7. The quantitative estimate of drug-likeness (QED) is 0.195. The van der Waals surface area contributed by atoms with Crippen molar-refractivity contribution in [1.29, 1.82) is 0 Å². The second-order valence-corrected chi connectivity index (χ2v) is 12.0. The van der Waals surface area contributed by atoms with Crippen LogP contribution < -0.4 is 5.56 Å². The van der Waals surface area contributed by atoms with Crippen LogP contribution in [0.2, 0.25) is 0 Å². The predicted molar refractivity (Wildman–Crippen MR) is 162 cm³/mol. The van der Waals surface area contributed by atoms with E-state index in [2.05, 4.69) is 0 Å². The van der Waals surface area contributed by atoms with Crippen molar-refractivity contribution in [3.63, 3.8) is 0 Å². The van der Waals surface area contributed by atoms with E-state index < -0.39 is 29.2 Å². The Morgan fingerprint density at radius 1 is 1.20 bits per heavy atom. The summed E-state index contributed by atoms with van der Waals surface area (Å²) in [7, 11) is 1.51. The van der Waals surface area contributed by atoms with Crippen molar-refractivity contribution in [2.75, 3.05) is 20.2 Å². The molecule has 1 amide bonds. The normalized spacial score (nSPS) is 17.8. The highest BCUT2D eigenvalue weighted by Crippen LogP contribution is 2.41. The van der Waals surface area contributed by atoms with Crippen LogP contribution in [0.5, 0.6) is 0 Å². The molecule has 45 heavy (non-hydrogen) atoms. The molecule has 12 heteroatoms. The molecule has 2 aliphatic rings. The molecule has 4 heterocycles.